The molecule has 1 aliphatic heterocycles. The van der Waals surface area contributed by atoms with E-state index in [4.69, 9.17) is 10.5 Å². The van der Waals surface area contributed by atoms with Gasteiger partial charge in [0.25, 0.3) is 0 Å². The van der Waals surface area contributed by atoms with Crippen LogP contribution in [-0.4, -0.2) is 25.7 Å². The van der Waals surface area contributed by atoms with E-state index in [9.17, 15) is 4.79 Å². The van der Waals surface area contributed by atoms with Crippen LogP contribution >= 0.6 is 0 Å². The highest BCUT2D eigenvalue weighted by Gasteiger charge is 2.23. The number of nitrogens with one attached hydrogen (secondary N) is 1. The maximum Gasteiger partial charge on any atom is 0.248 e. The summed E-state index contributed by atoms with van der Waals surface area (Å²) in [4.78, 5) is 11.8. The molecule has 28 heavy (non-hydrogen) atoms. The molecule has 1 amide bonds. The van der Waals surface area contributed by atoms with Gasteiger partial charge in [-0.05, 0) is 78.8 Å². The number of benzene rings is 2. The Hall–Kier alpha value is -2.17. The Morgan fingerprint density at radius 2 is 1.89 bits per heavy atom. The molecule has 0 bridgehead atoms. The second-order valence-electron chi connectivity index (χ2n) is 8.18. The van der Waals surface area contributed by atoms with Gasteiger partial charge in [-0.1, -0.05) is 36.4 Å². The summed E-state index contributed by atoms with van der Waals surface area (Å²) in [5.74, 6) is 0.790. The first kappa shape index (κ1) is 19.2. The van der Waals surface area contributed by atoms with Crippen molar-refractivity contribution in [2.45, 2.75) is 44.6 Å². The van der Waals surface area contributed by atoms with Crippen molar-refractivity contribution in [1.29, 1.82) is 0 Å². The van der Waals surface area contributed by atoms with E-state index in [0.717, 1.165) is 57.0 Å². The Morgan fingerprint density at radius 3 is 2.71 bits per heavy atom. The molecule has 1 aliphatic carbocycles. The number of nitrogens with two attached hydrogens (primary N) is 1. The summed E-state index contributed by atoms with van der Waals surface area (Å²) in [5, 5.41) is 3.63. The number of primary amides is 1. The van der Waals surface area contributed by atoms with Gasteiger partial charge < -0.3 is 15.8 Å². The average Bonchev–Trinajstić information content (AvgIpc) is 2.74. The molecule has 3 N–H and O–H groups in total. The van der Waals surface area contributed by atoms with Crippen LogP contribution in [-0.2, 0) is 24.1 Å². The number of carbonyl (C=O) groups is 1. The van der Waals surface area contributed by atoms with Crippen molar-refractivity contribution < 1.29 is 9.53 Å². The number of ether oxygens (including phenoxy) is 1. The number of hydrogen-bond acceptors (Lipinski definition) is 3. The molecule has 1 heterocycles. The minimum absolute atomic E-state index is 0.327. The molecule has 0 spiro atoms. The van der Waals surface area contributed by atoms with Crippen LogP contribution in [0.25, 0.3) is 0 Å². The number of rotatable bonds is 6. The molecule has 4 rings (SSSR count). The molecule has 2 aliphatic rings. The number of fused-ring (bicyclic) bond motifs is 1. The van der Waals surface area contributed by atoms with Gasteiger partial charge in [-0.3, -0.25) is 4.79 Å². The normalized spacial score (nSPS) is 19.9. The van der Waals surface area contributed by atoms with E-state index < -0.39 is 0 Å². The number of aryl methyl sites for hydroxylation is 1. The molecule has 2 aromatic rings. The fourth-order valence-electron chi connectivity index (χ4n) is 4.63. The van der Waals surface area contributed by atoms with Crippen molar-refractivity contribution in [3.63, 3.8) is 0 Å². The van der Waals surface area contributed by atoms with Crippen LogP contribution in [0.1, 0.15) is 57.8 Å². The molecular formula is C24H30N2O2. The van der Waals surface area contributed by atoms with E-state index in [2.05, 4.69) is 29.6 Å². The number of carbonyl (C=O) groups excluding carboxylic acids is 1. The first-order valence-corrected chi connectivity index (χ1v) is 10.5. The Labute approximate surface area is 167 Å². The van der Waals surface area contributed by atoms with Crippen molar-refractivity contribution >= 4 is 5.91 Å². The Morgan fingerprint density at radius 1 is 1.07 bits per heavy atom. The second kappa shape index (κ2) is 8.89. The summed E-state index contributed by atoms with van der Waals surface area (Å²) in [5.41, 5.74) is 11.6. The van der Waals surface area contributed by atoms with E-state index >= 15 is 0 Å². The van der Waals surface area contributed by atoms with E-state index in [-0.39, 0.29) is 5.91 Å². The van der Waals surface area contributed by atoms with E-state index in [0.29, 0.717) is 11.5 Å². The van der Waals surface area contributed by atoms with Gasteiger partial charge in [0, 0.05) is 25.3 Å². The summed E-state index contributed by atoms with van der Waals surface area (Å²) in [6.45, 7) is 3.82. The van der Waals surface area contributed by atoms with Gasteiger partial charge in [0.15, 0.2) is 0 Å². The van der Waals surface area contributed by atoms with Crippen LogP contribution in [0.3, 0.4) is 0 Å². The lowest BCUT2D eigenvalue weighted by Gasteiger charge is -2.27. The van der Waals surface area contributed by atoms with Crippen LogP contribution in [0.4, 0.5) is 0 Å². The largest absolute Gasteiger partial charge is 0.381 e. The lowest BCUT2D eigenvalue weighted by molar-refractivity contribution is 0.0662. The molecule has 4 heteroatoms. The van der Waals surface area contributed by atoms with E-state index in [1.165, 1.54) is 29.5 Å². The van der Waals surface area contributed by atoms with Crippen molar-refractivity contribution in [2.75, 3.05) is 19.8 Å². The van der Waals surface area contributed by atoms with Crippen molar-refractivity contribution in [2.24, 2.45) is 11.7 Å². The predicted molar refractivity (Wildman–Crippen MR) is 111 cm³/mol. The molecule has 4 nitrogen and oxygen atoms in total. The third-order valence-corrected chi connectivity index (χ3v) is 6.27. The molecule has 148 valence electrons. The summed E-state index contributed by atoms with van der Waals surface area (Å²) < 4.78 is 5.43. The number of amides is 1. The Kier molecular flexibility index (Phi) is 6.08. The minimum Gasteiger partial charge on any atom is -0.381 e. The topological polar surface area (TPSA) is 64.4 Å². The van der Waals surface area contributed by atoms with Gasteiger partial charge in [-0.25, -0.2) is 0 Å². The standard InChI is InChI=1S/C24H30N2O2/c25-24(27)23-4-2-1-3-22(23)21-8-7-19-13-18(5-6-20(19)14-21)16-26-15-17-9-11-28-12-10-17/h1-6,13,17,21,26H,7-12,14-16H2,(H2,25,27)/t21-/m0/s1. The lowest BCUT2D eigenvalue weighted by Crippen LogP contribution is -2.27. The smallest absolute Gasteiger partial charge is 0.248 e. The van der Waals surface area contributed by atoms with Crippen molar-refractivity contribution in [1.82, 2.24) is 5.32 Å². The van der Waals surface area contributed by atoms with E-state index in [1.807, 2.05) is 18.2 Å². The zero-order valence-electron chi connectivity index (χ0n) is 16.5. The van der Waals surface area contributed by atoms with Gasteiger partial charge in [-0.2, -0.15) is 0 Å². The molecule has 1 fully saturated rings. The van der Waals surface area contributed by atoms with Crippen LogP contribution in [0.2, 0.25) is 0 Å². The van der Waals surface area contributed by atoms with Gasteiger partial charge in [-0.15, -0.1) is 0 Å². The SMILES string of the molecule is NC(=O)c1ccccc1[C@H]1CCc2cc(CNCC3CCOCC3)ccc2C1. The van der Waals surface area contributed by atoms with Gasteiger partial charge in [0.1, 0.15) is 0 Å². The molecule has 1 saturated heterocycles. The highest BCUT2D eigenvalue weighted by molar-refractivity contribution is 5.94. The summed E-state index contributed by atoms with van der Waals surface area (Å²) in [7, 11) is 0. The Bertz CT molecular complexity index is 827. The molecule has 0 saturated carbocycles. The maximum absolute atomic E-state index is 11.8. The summed E-state index contributed by atoms with van der Waals surface area (Å²) >= 11 is 0. The fraction of sp³-hybridized carbons (Fsp3) is 0.458. The van der Waals surface area contributed by atoms with Crippen LogP contribution in [0, 0.1) is 5.92 Å². The monoisotopic (exact) mass is 378 g/mol. The highest BCUT2D eigenvalue weighted by atomic mass is 16.5. The third-order valence-electron chi connectivity index (χ3n) is 6.27. The van der Waals surface area contributed by atoms with E-state index in [1.54, 1.807) is 0 Å². The third kappa shape index (κ3) is 4.45. The molecular weight excluding hydrogens is 348 g/mol. The van der Waals surface area contributed by atoms with Crippen LogP contribution in [0.15, 0.2) is 42.5 Å². The highest BCUT2D eigenvalue weighted by Crippen LogP contribution is 2.34. The zero-order valence-corrected chi connectivity index (χ0v) is 16.5. The van der Waals surface area contributed by atoms with Crippen molar-refractivity contribution in [3.05, 3.63) is 70.3 Å². The van der Waals surface area contributed by atoms with Crippen molar-refractivity contribution in [3.8, 4) is 0 Å². The zero-order chi connectivity index (χ0) is 19.3. The van der Waals surface area contributed by atoms with Gasteiger partial charge in [0.05, 0.1) is 0 Å². The number of hydrogen-bond donors (Lipinski definition) is 2. The quantitative estimate of drug-likeness (QED) is 0.808. The fourth-order valence-corrected chi connectivity index (χ4v) is 4.63. The minimum atomic E-state index is -0.327. The summed E-state index contributed by atoms with van der Waals surface area (Å²) in [6.07, 6.45) is 5.45. The molecule has 0 unspecified atom stereocenters. The van der Waals surface area contributed by atoms with Crippen LogP contribution < -0.4 is 11.1 Å². The maximum atomic E-state index is 11.8. The molecule has 2 aromatic carbocycles. The summed E-state index contributed by atoms with van der Waals surface area (Å²) in [6, 6.07) is 14.7. The van der Waals surface area contributed by atoms with Crippen LogP contribution in [0.5, 0.6) is 0 Å². The molecule has 1 atom stereocenters. The second-order valence-corrected chi connectivity index (χ2v) is 8.18. The first-order valence-electron chi connectivity index (χ1n) is 10.5. The predicted octanol–water partition coefficient (Wildman–Crippen LogP) is 3.57. The molecule has 0 radical (unpaired) electrons. The van der Waals surface area contributed by atoms with Gasteiger partial charge >= 0.3 is 0 Å². The molecule has 0 aromatic heterocycles. The average molecular weight is 379 g/mol. The van der Waals surface area contributed by atoms with Gasteiger partial charge in [0.2, 0.25) is 5.91 Å². The lowest BCUT2D eigenvalue weighted by atomic mass is 9.78. The Balaban J connectivity index is 1.38. The first-order chi connectivity index (χ1) is 13.7.